The number of rotatable bonds is 9. The Morgan fingerprint density at radius 1 is 1.04 bits per heavy atom. The molecular weight excluding hydrogens is 416 g/mol. The molecule has 5 nitrogen and oxygen atoms in total. The van der Waals surface area contributed by atoms with Gasteiger partial charge in [-0.15, -0.1) is 0 Å². The maximum Gasteiger partial charge on any atom is 0.240 e. The number of halogens is 1. The number of amides is 1. The van der Waals surface area contributed by atoms with Crippen molar-refractivity contribution < 1.29 is 13.2 Å². The third-order valence-electron chi connectivity index (χ3n) is 4.00. The fourth-order valence-corrected chi connectivity index (χ4v) is 3.56. The molecule has 0 fully saturated rings. The second-order valence-electron chi connectivity index (χ2n) is 5.97. The minimum absolute atomic E-state index is 0.0253. The summed E-state index contributed by atoms with van der Waals surface area (Å²) in [6.45, 7) is 0.318. The Hall–Kier alpha value is -1.70. The quantitative estimate of drug-likeness (QED) is 0.589. The van der Waals surface area contributed by atoms with Crippen molar-refractivity contribution in [3.63, 3.8) is 0 Å². The normalized spacial score (nSPS) is 11.3. The summed E-state index contributed by atoms with van der Waals surface area (Å²) in [5, 5.41) is 2.84. The van der Waals surface area contributed by atoms with E-state index in [4.69, 9.17) is 0 Å². The summed E-state index contributed by atoms with van der Waals surface area (Å²) in [5.41, 5.74) is 2.01. The van der Waals surface area contributed by atoms with Crippen LogP contribution in [0.1, 0.15) is 30.4 Å². The first-order chi connectivity index (χ1) is 12.4. The van der Waals surface area contributed by atoms with Gasteiger partial charge in [0.05, 0.1) is 4.90 Å². The summed E-state index contributed by atoms with van der Waals surface area (Å²) >= 11 is 3.41. The van der Waals surface area contributed by atoms with E-state index in [1.54, 1.807) is 18.2 Å². The van der Waals surface area contributed by atoms with Crippen LogP contribution in [0.2, 0.25) is 0 Å². The lowest BCUT2D eigenvalue weighted by Gasteiger charge is -2.08. The molecule has 0 heterocycles. The third kappa shape index (κ3) is 6.55. The van der Waals surface area contributed by atoms with Gasteiger partial charge in [0, 0.05) is 17.4 Å². The second-order valence-corrected chi connectivity index (χ2v) is 8.77. The van der Waals surface area contributed by atoms with Crippen LogP contribution in [0.25, 0.3) is 0 Å². The molecule has 0 saturated heterocycles. The lowest BCUT2D eigenvalue weighted by Crippen LogP contribution is -2.23. The van der Waals surface area contributed by atoms with Gasteiger partial charge in [-0.25, -0.2) is 13.1 Å². The summed E-state index contributed by atoms with van der Waals surface area (Å²) in [6.07, 6.45) is 3.18. The van der Waals surface area contributed by atoms with Crippen molar-refractivity contribution in [1.82, 2.24) is 10.0 Å². The molecule has 0 aliphatic rings. The highest BCUT2D eigenvalue weighted by atomic mass is 79.9. The fourth-order valence-electron chi connectivity index (χ4n) is 2.50. The van der Waals surface area contributed by atoms with Crippen molar-refractivity contribution in [1.29, 1.82) is 0 Å². The Balaban J connectivity index is 1.73. The van der Waals surface area contributed by atoms with Gasteiger partial charge in [0.25, 0.3) is 0 Å². The summed E-state index contributed by atoms with van der Waals surface area (Å²) in [6, 6.07) is 14.8. The number of nitrogens with one attached hydrogen (secondary N) is 2. The molecule has 0 spiro atoms. The molecule has 7 heteroatoms. The Bertz CT molecular complexity index is 836. The van der Waals surface area contributed by atoms with E-state index in [0.29, 0.717) is 13.0 Å². The molecule has 2 N–H and O–H groups in total. The van der Waals surface area contributed by atoms with Gasteiger partial charge in [0.15, 0.2) is 0 Å². The molecule has 0 unspecified atom stereocenters. The van der Waals surface area contributed by atoms with Crippen LogP contribution in [0.5, 0.6) is 0 Å². The van der Waals surface area contributed by atoms with E-state index in [-0.39, 0.29) is 10.8 Å². The van der Waals surface area contributed by atoms with Gasteiger partial charge in [0.1, 0.15) is 0 Å². The first-order valence-electron chi connectivity index (χ1n) is 8.44. The van der Waals surface area contributed by atoms with Crippen LogP contribution in [-0.4, -0.2) is 21.4 Å². The van der Waals surface area contributed by atoms with Gasteiger partial charge in [0.2, 0.25) is 15.9 Å². The molecule has 2 aromatic carbocycles. The fraction of sp³-hybridized carbons (Fsp3) is 0.316. The number of aryl methyl sites for hydroxylation is 1. The smallest absolute Gasteiger partial charge is 0.240 e. The lowest BCUT2D eigenvalue weighted by molar-refractivity contribution is -0.121. The maximum absolute atomic E-state index is 12.0. The van der Waals surface area contributed by atoms with E-state index in [0.717, 1.165) is 29.3 Å². The number of benzene rings is 2. The summed E-state index contributed by atoms with van der Waals surface area (Å²) in [4.78, 5) is 12.2. The van der Waals surface area contributed by atoms with Crippen molar-refractivity contribution in [3.8, 4) is 0 Å². The number of hydrogen-bond acceptors (Lipinski definition) is 3. The maximum atomic E-state index is 12.0. The monoisotopic (exact) mass is 438 g/mol. The summed E-state index contributed by atoms with van der Waals surface area (Å²) in [7, 11) is -2.10. The predicted molar refractivity (Wildman–Crippen MR) is 106 cm³/mol. The number of hydrogen-bond donors (Lipinski definition) is 2. The molecule has 1 amide bonds. The number of carbonyl (C=O) groups is 1. The Morgan fingerprint density at radius 2 is 1.77 bits per heavy atom. The van der Waals surface area contributed by atoms with Crippen molar-refractivity contribution >= 4 is 31.9 Å². The predicted octanol–water partition coefficient (Wildman–Crippen LogP) is 3.39. The molecule has 26 heavy (non-hydrogen) atoms. The van der Waals surface area contributed by atoms with Crippen molar-refractivity contribution in [2.45, 2.75) is 37.1 Å². The van der Waals surface area contributed by atoms with Crippen LogP contribution in [0, 0.1) is 0 Å². The molecule has 2 aromatic rings. The zero-order chi connectivity index (χ0) is 19.0. The minimum Gasteiger partial charge on any atom is -0.352 e. The molecule has 2 rings (SSSR count). The largest absolute Gasteiger partial charge is 0.352 e. The highest BCUT2D eigenvalue weighted by Gasteiger charge is 2.11. The number of unbranched alkanes of at least 4 members (excludes halogenated alkanes) is 1. The number of sulfonamides is 1. The van der Waals surface area contributed by atoms with Crippen LogP contribution in [0.15, 0.2) is 57.9 Å². The van der Waals surface area contributed by atoms with Gasteiger partial charge < -0.3 is 5.32 Å². The molecule has 0 aliphatic heterocycles. The molecular formula is C19H23BrN2O3S. The van der Waals surface area contributed by atoms with Gasteiger partial charge in [-0.1, -0.05) is 40.2 Å². The molecule has 0 aromatic heterocycles. The Morgan fingerprint density at radius 3 is 2.46 bits per heavy atom. The number of carbonyl (C=O) groups excluding carboxylic acids is 1. The van der Waals surface area contributed by atoms with Crippen LogP contribution in [0.4, 0.5) is 0 Å². The van der Waals surface area contributed by atoms with Crippen molar-refractivity contribution in [3.05, 3.63) is 64.1 Å². The zero-order valence-electron chi connectivity index (χ0n) is 14.7. The molecule has 140 valence electrons. The Labute approximate surface area is 163 Å². The van der Waals surface area contributed by atoms with Gasteiger partial charge in [-0.05, 0) is 61.7 Å². The minimum atomic E-state index is -3.47. The van der Waals surface area contributed by atoms with Gasteiger partial charge >= 0.3 is 0 Å². The third-order valence-corrected chi connectivity index (χ3v) is 5.94. The van der Waals surface area contributed by atoms with Crippen LogP contribution < -0.4 is 10.0 Å². The highest BCUT2D eigenvalue weighted by Crippen LogP contribution is 2.13. The topological polar surface area (TPSA) is 75.3 Å². The van der Waals surface area contributed by atoms with Crippen LogP contribution in [-0.2, 0) is 27.8 Å². The van der Waals surface area contributed by atoms with E-state index in [1.165, 1.54) is 18.7 Å². The lowest BCUT2D eigenvalue weighted by atomic mass is 10.1. The Kier molecular flexibility index (Phi) is 7.81. The molecule has 0 bridgehead atoms. The first kappa shape index (κ1) is 20.6. The molecule has 0 radical (unpaired) electrons. The van der Waals surface area contributed by atoms with E-state index in [1.807, 2.05) is 12.1 Å². The highest BCUT2D eigenvalue weighted by molar-refractivity contribution is 9.10. The van der Waals surface area contributed by atoms with Crippen LogP contribution >= 0.6 is 15.9 Å². The summed E-state index contributed by atoms with van der Waals surface area (Å²) < 4.78 is 26.9. The standard InChI is InChI=1S/C19H23BrN2O3S/c1-21-26(24,25)18-7-4-6-16(13-18)14-22-19(23)8-3-2-5-15-9-11-17(20)12-10-15/h4,6-7,9-13,21H,2-3,5,8,14H2,1H3,(H,22,23). The zero-order valence-corrected chi connectivity index (χ0v) is 17.1. The van der Waals surface area contributed by atoms with E-state index in [2.05, 4.69) is 38.1 Å². The van der Waals surface area contributed by atoms with Crippen molar-refractivity contribution in [2.75, 3.05) is 7.05 Å². The molecule has 0 saturated carbocycles. The van der Waals surface area contributed by atoms with Crippen molar-refractivity contribution in [2.24, 2.45) is 0 Å². The first-order valence-corrected chi connectivity index (χ1v) is 10.7. The summed E-state index contributed by atoms with van der Waals surface area (Å²) in [5.74, 6) is -0.0253. The second kappa shape index (κ2) is 9.85. The van der Waals surface area contributed by atoms with E-state index in [9.17, 15) is 13.2 Å². The molecule has 0 atom stereocenters. The average Bonchev–Trinajstić information content (AvgIpc) is 2.65. The van der Waals surface area contributed by atoms with E-state index < -0.39 is 10.0 Å². The van der Waals surface area contributed by atoms with Gasteiger partial charge in [-0.2, -0.15) is 0 Å². The van der Waals surface area contributed by atoms with Gasteiger partial charge in [-0.3, -0.25) is 4.79 Å². The average molecular weight is 439 g/mol. The molecule has 0 aliphatic carbocycles. The SMILES string of the molecule is CNS(=O)(=O)c1cccc(CNC(=O)CCCCc2ccc(Br)cc2)c1. The van der Waals surface area contributed by atoms with Crippen LogP contribution in [0.3, 0.4) is 0 Å². The van der Waals surface area contributed by atoms with E-state index >= 15 is 0 Å².